The number of rotatable bonds is 4. The number of fused-ring (bicyclic) bond motifs is 3. The van der Waals surface area contributed by atoms with Crippen molar-refractivity contribution in [3.63, 3.8) is 0 Å². The van der Waals surface area contributed by atoms with Crippen molar-refractivity contribution in [3.8, 4) is 22.4 Å². The minimum absolute atomic E-state index is 0.00461. The first kappa shape index (κ1) is 24.5. The van der Waals surface area contributed by atoms with E-state index >= 15 is 0 Å². The maximum absolute atomic E-state index is 6.36. The minimum atomic E-state index is 0.00461. The maximum atomic E-state index is 6.36. The predicted octanol–water partition coefficient (Wildman–Crippen LogP) is 10.2. The average molecular weight is 502 g/mol. The summed E-state index contributed by atoms with van der Waals surface area (Å²) < 4.78 is 12.6. The van der Waals surface area contributed by atoms with E-state index in [-0.39, 0.29) is 5.41 Å². The van der Waals surface area contributed by atoms with Gasteiger partial charge >= 0.3 is 0 Å². The molecule has 3 heteroatoms. The molecule has 0 aliphatic carbocycles. The molecule has 0 spiro atoms. The van der Waals surface area contributed by atoms with Crippen LogP contribution in [-0.4, -0.2) is 4.98 Å². The lowest BCUT2D eigenvalue weighted by molar-refractivity contribution is 0.496. The third kappa shape index (κ3) is 4.20. The Hall–Kier alpha value is -3.85. The summed E-state index contributed by atoms with van der Waals surface area (Å²) in [6.07, 6.45) is 0.939. The van der Waals surface area contributed by atoms with Gasteiger partial charge in [0.1, 0.15) is 22.6 Å². The second-order valence-corrected chi connectivity index (χ2v) is 12.1. The zero-order valence-electron chi connectivity index (χ0n) is 23.4. The summed E-state index contributed by atoms with van der Waals surface area (Å²) in [6, 6.07) is 23.9. The van der Waals surface area contributed by atoms with Crippen molar-refractivity contribution in [1.29, 1.82) is 0 Å². The number of aryl methyl sites for hydroxylation is 2. The number of aromatic nitrogens is 1. The summed E-state index contributed by atoms with van der Waals surface area (Å²) in [7, 11) is 0. The van der Waals surface area contributed by atoms with Crippen LogP contribution in [0.1, 0.15) is 57.3 Å². The molecule has 192 valence electrons. The minimum Gasteiger partial charge on any atom is -0.461 e. The molecule has 0 saturated carbocycles. The van der Waals surface area contributed by atoms with Gasteiger partial charge in [0.15, 0.2) is 5.58 Å². The first-order valence-electron chi connectivity index (χ1n) is 13.6. The number of hydrogen-bond acceptors (Lipinski definition) is 3. The fourth-order valence-corrected chi connectivity index (χ4v) is 5.59. The molecule has 0 radical (unpaired) electrons. The Kier molecular flexibility index (Phi) is 5.72. The third-order valence-electron chi connectivity index (χ3n) is 7.51. The Labute approximate surface area is 224 Å². The largest absolute Gasteiger partial charge is 0.461 e. The molecular weight excluding hydrogens is 466 g/mol. The van der Waals surface area contributed by atoms with Gasteiger partial charge in [-0.15, -0.1) is 0 Å². The second kappa shape index (κ2) is 8.87. The number of hydrogen-bond donors (Lipinski definition) is 0. The van der Waals surface area contributed by atoms with Crippen molar-refractivity contribution in [1.82, 2.24) is 4.98 Å². The lowest BCUT2D eigenvalue weighted by Gasteiger charge is -2.23. The van der Waals surface area contributed by atoms with Crippen LogP contribution >= 0.6 is 0 Å². The van der Waals surface area contributed by atoms with Crippen molar-refractivity contribution >= 4 is 32.8 Å². The molecule has 0 aliphatic heterocycles. The van der Waals surface area contributed by atoms with Gasteiger partial charge in [-0.1, -0.05) is 71.0 Å². The third-order valence-corrected chi connectivity index (χ3v) is 7.51. The van der Waals surface area contributed by atoms with Crippen LogP contribution < -0.4 is 0 Å². The van der Waals surface area contributed by atoms with Crippen molar-refractivity contribution in [2.45, 2.75) is 60.3 Å². The summed E-state index contributed by atoms with van der Waals surface area (Å²) in [5, 5.41) is 3.70. The topological polar surface area (TPSA) is 39.2 Å². The van der Waals surface area contributed by atoms with E-state index in [4.69, 9.17) is 13.8 Å². The molecule has 0 amide bonds. The van der Waals surface area contributed by atoms with E-state index in [1.54, 1.807) is 0 Å². The zero-order chi connectivity index (χ0) is 26.8. The molecule has 3 nitrogen and oxygen atoms in total. The van der Waals surface area contributed by atoms with Crippen LogP contribution in [0.5, 0.6) is 0 Å². The molecule has 3 heterocycles. The van der Waals surface area contributed by atoms with Gasteiger partial charge in [-0.05, 0) is 76.9 Å². The van der Waals surface area contributed by atoms with Crippen LogP contribution in [0.4, 0.5) is 0 Å². The molecule has 38 heavy (non-hydrogen) atoms. The van der Waals surface area contributed by atoms with E-state index in [0.717, 1.165) is 57.0 Å². The van der Waals surface area contributed by atoms with Crippen LogP contribution in [0.25, 0.3) is 55.2 Å². The lowest BCUT2D eigenvalue weighted by atomic mass is 9.82. The molecule has 6 aromatic rings. The van der Waals surface area contributed by atoms with Crippen molar-refractivity contribution in [2.75, 3.05) is 0 Å². The summed E-state index contributed by atoms with van der Waals surface area (Å²) in [5.41, 5.74) is 9.33. The van der Waals surface area contributed by atoms with Gasteiger partial charge in [-0.25, -0.2) is 4.98 Å². The number of pyridine rings is 1. The summed E-state index contributed by atoms with van der Waals surface area (Å²) in [6.45, 7) is 15.4. The fraction of sp³-hybridized carbons (Fsp3) is 0.286. The normalized spacial score (nSPS) is 12.4. The van der Waals surface area contributed by atoms with E-state index < -0.39 is 0 Å². The van der Waals surface area contributed by atoms with Crippen LogP contribution in [0, 0.1) is 19.8 Å². The monoisotopic (exact) mass is 501 g/mol. The Morgan fingerprint density at radius 1 is 0.816 bits per heavy atom. The fourth-order valence-electron chi connectivity index (χ4n) is 5.59. The van der Waals surface area contributed by atoms with E-state index in [9.17, 15) is 0 Å². The quantitative estimate of drug-likeness (QED) is 0.241. The van der Waals surface area contributed by atoms with Gasteiger partial charge < -0.3 is 8.83 Å². The number of furan rings is 2. The lowest BCUT2D eigenvalue weighted by Crippen LogP contribution is -2.12. The Bertz CT molecular complexity index is 1820. The van der Waals surface area contributed by atoms with Crippen molar-refractivity contribution < 1.29 is 8.83 Å². The SMILES string of the molecule is Cc1cc2nc(-c3cc(C(C)(C)C)c4ccccc4c3)cc(-c3ccc4c(C)c(CC(C)C)oc4c3)c2o1. The van der Waals surface area contributed by atoms with Crippen LogP contribution in [0.3, 0.4) is 0 Å². The summed E-state index contributed by atoms with van der Waals surface area (Å²) in [5.74, 6) is 2.48. The Morgan fingerprint density at radius 3 is 2.37 bits per heavy atom. The average Bonchev–Trinajstić information content (AvgIpc) is 3.39. The van der Waals surface area contributed by atoms with Gasteiger partial charge in [0.2, 0.25) is 0 Å². The van der Waals surface area contributed by atoms with Gasteiger partial charge in [0.25, 0.3) is 0 Å². The molecule has 6 rings (SSSR count). The summed E-state index contributed by atoms with van der Waals surface area (Å²) >= 11 is 0. The highest BCUT2D eigenvalue weighted by Crippen LogP contribution is 2.39. The van der Waals surface area contributed by atoms with Gasteiger partial charge in [0.05, 0.1) is 5.69 Å². The highest BCUT2D eigenvalue weighted by Gasteiger charge is 2.21. The maximum Gasteiger partial charge on any atom is 0.160 e. The molecule has 0 N–H and O–H groups in total. The van der Waals surface area contributed by atoms with E-state index in [1.165, 1.54) is 27.3 Å². The molecule has 0 atom stereocenters. The highest BCUT2D eigenvalue weighted by atomic mass is 16.3. The molecule has 0 fully saturated rings. The highest BCUT2D eigenvalue weighted by molar-refractivity contribution is 5.97. The predicted molar refractivity (Wildman–Crippen MR) is 159 cm³/mol. The second-order valence-electron chi connectivity index (χ2n) is 12.1. The first-order chi connectivity index (χ1) is 18.1. The smallest absolute Gasteiger partial charge is 0.160 e. The number of nitrogens with zero attached hydrogens (tertiary/aromatic N) is 1. The van der Waals surface area contributed by atoms with E-state index in [1.807, 2.05) is 13.0 Å². The van der Waals surface area contributed by atoms with Crippen LogP contribution in [0.15, 0.2) is 75.6 Å². The Balaban J connectivity index is 1.57. The van der Waals surface area contributed by atoms with Gasteiger partial charge in [0, 0.05) is 29.0 Å². The molecule has 0 unspecified atom stereocenters. The molecule has 3 aromatic heterocycles. The molecule has 0 aliphatic rings. The standard InChI is InChI=1S/C35H35NO2/c1-20(2)14-32-22(4)26-13-12-24(18-33(26)38-32)28-19-30(36-31-15-21(3)37-34(28)31)25-16-23-10-8-9-11-27(23)29(17-25)35(5,6)7/h8-13,15-20H,14H2,1-7H3. The Morgan fingerprint density at radius 2 is 1.61 bits per heavy atom. The van der Waals surface area contributed by atoms with E-state index in [2.05, 4.69) is 102 Å². The van der Waals surface area contributed by atoms with E-state index in [0.29, 0.717) is 5.92 Å². The van der Waals surface area contributed by atoms with Crippen LogP contribution in [0.2, 0.25) is 0 Å². The number of benzene rings is 3. The van der Waals surface area contributed by atoms with Crippen molar-refractivity contribution in [3.05, 3.63) is 89.4 Å². The van der Waals surface area contributed by atoms with Gasteiger partial charge in [-0.2, -0.15) is 0 Å². The first-order valence-corrected chi connectivity index (χ1v) is 13.6. The summed E-state index contributed by atoms with van der Waals surface area (Å²) in [4.78, 5) is 5.08. The molecular formula is C35H35NO2. The zero-order valence-corrected chi connectivity index (χ0v) is 23.4. The molecule has 3 aromatic carbocycles. The molecule has 0 saturated heterocycles. The van der Waals surface area contributed by atoms with Gasteiger partial charge in [-0.3, -0.25) is 0 Å². The van der Waals surface area contributed by atoms with Crippen LogP contribution in [-0.2, 0) is 11.8 Å². The molecule has 0 bridgehead atoms. The van der Waals surface area contributed by atoms with Crippen molar-refractivity contribution in [2.24, 2.45) is 5.92 Å².